The van der Waals surface area contributed by atoms with E-state index in [0.717, 1.165) is 17.6 Å². The summed E-state index contributed by atoms with van der Waals surface area (Å²) < 4.78 is 0.906. The molecular weight excluding hydrogens is 430 g/mol. The Morgan fingerprint density at radius 2 is 0.833 bits per heavy atom. The van der Waals surface area contributed by atoms with E-state index in [1.54, 1.807) is 0 Å². The third kappa shape index (κ3) is 28.6. The first kappa shape index (κ1) is 35.2. The molecule has 0 amide bonds. The summed E-state index contributed by atoms with van der Waals surface area (Å²) in [5, 5.41) is 0. The topological polar surface area (TPSA) is 60.7 Å². The highest BCUT2D eigenvalue weighted by Crippen LogP contribution is 2.14. The largest absolute Gasteiger partial charge is 1.00 e. The number of rotatable bonds is 21. The Morgan fingerprint density at radius 1 is 0.533 bits per heavy atom. The van der Waals surface area contributed by atoms with Crippen molar-refractivity contribution in [1.29, 1.82) is 0 Å². The van der Waals surface area contributed by atoms with Crippen LogP contribution in [0.3, 0.4) is 0 Å². The maximum atomic E-state index is 9.08. The molecule has 30 heavy (non-hydrogen) atoms. The second-order valence-corrected chi connectivity index (χ2v) is 11.6. The molecule has 4 radical (unpaired) electrons. The molecule has 0 saturated heterocycles. The summed E-state index contributed by atoms with van der Waals surface area (Å²) >= 11 is 0. The maximum Gasteiger partial charge on any atom is 0.492 e. The minimum Gasteiger partial charge on any atom is -1.00 e. The van der Waals surface area contributed by atoms with Crippen LogP contribution in [0, 0.1) is 0 Å². The van der Waals surface area contributed by atoms with Gasteiger partial charge in [-0.2, -0.15) is 0 Å². The molecule has 0 bridgehead atoms. The highest BCUT2D eigenvalue weighted by molar-refractivity contribution is 6.56. The predicted octanol–water partition coefficient (Wildman–Crippen LogP) is 2.25. The van der Waals surface area contributed by atoms with Gasteiger partial charge in [0, 0.05) is 23.4 Å². The van der Waals surface area contributed by atoms with E-state index >= 15 is 0 Å². The van der Waals surface area contributed by atoms with Gasteiger partial charge in [-0.3, -0.25) is 0 Å². The Labute approximate surface area is 200 Å². The Hall–Kier alpha value is 0.564. The number of hydrogen-bond acceptors (Lipinski definition) is 3. The molecule has 0 aromatic rings. The van der Waals surface area contributed by atoms with Crippen molar-refractivity contribution in [3.8, 4) is 0 Å². The van der Waals surface area contributed by atoms with Crippen LogP contribution in [-0.4, -0.2) is 65.8 Å². The zero-order valence-corrected chi connectivity index (χ0v) is 23.1. The molecule has 0 unspecified atom stereocenters. The molecule has 0 atom stereocenters. The summed E-state index contributed by atoms with van der Waals surface area (Å²) in [6.45, 7) is 4.31. The first-order valence-corrected chi connectivity index (χ1v) is 14.3. The normalized spacial score (nSPS) is 11.8. The zero-order chi connectivity index (χ0) is 21.1. The number of unbranched alkanes of at least 4 members (excludes halogenated alkanes) is 15. The summed E-state index contributed by atoms with van der Waals surface area (Å²) in [5.41, 5.74) is 0. The fourth-order valence-electron chi connectivity index (χ4n) is 3.94. The van der Waals surface area contributed by atoms with E-state index in [9.17, 15) is 0 Å². The zero-order valence-electron chi connectivity index (χ0n) is 20.3. The van der Waals surface area contributed by atoms with Crippen LogP contribution in [0.2, 0.25) is 6.04 Å². The molecule has 0 spiro atoms. The van der Waals surface area contributed by atoms with Crippen molar-refractivity contribution < 1.29 is 31.3 Å². The molecule has 3 N–H and O–H groups in total. The van der Waals surface area contributed by atoms with Gasteiger partial charge in [-0.25, -0.2) is 0 Å². The first-order valence-electron chi connectivity index (χ1n) is 12.3. The molecule has 0 aliphatic carbocycles. The fraction of sp³-hybridized carbons (Fsp3) is 1.00. The van der Waals surface area contributed by atoms with Crippen molar-refractivity contribution in [1.82, 2.24) is 0 Å². The molecular formula is C23H52ClNO3Si2. The van der Waals surface area contributed by atoms with Gasteiger partial charge in [-0.1, -0.05) is 96.8 Å². The van der Waals surface area contributed by atoms with Crippen molar-refractivity contribution in [2.45, 2.75) is 122 Å². The van der Waals surface area contributed by atoms with Crippen molar-refractivity contribution in [3.05, 3.63) is 0 Å². The number of nitrogens with zero attached hydrogens (tertiary/aromatic N) is 1. The van der Waals surface area contributed by atoms with Gasteiger partial charge in [0.25, 0.3) is 0 Å². The van der Waals surface area contributed by atoms with Gasteiger partial charge in [-0.15, -0.1) is 0 Å². The van der Waals surface area contributed by atoms with Gasteiger partial charge in [0.15, 0.2) is 0 Å². The molecule has 0 aliphatic rings. The molecule has 0 saturated carbocycles. The van der Waals surface area contributed by atoms with Crippen LogP contribution in [0.1, 0.15) is 116 Å². The van der Waals surface area contributed by atoms with E-state index in [0.29, 0.717) is 6.42 Å². The van der Waals surface area contributed by atoms with Crippen LogP contribution in [0.4, 0.5) is 0 Å². The van der Waals surface area contributed by atoms with Crippen LogP contribution >= 0.6 is 0 Å². The van der Waals surface area contributed by atoms with Gasteiger partial charge < -0.3 is 31.3 Å². The van der Waals surface area contributed by atoms with Gasteiger partial charge in [0.1, 0.15) is 0 Å². The van der Waals surface area contributed by atoms with Crippen molar-refractivity contribution in [2.75, 3.05) is 27.2 Å². The smallest absolute Gasteiger partial charge is 0.492 e. The molecule has 4 nitrogen and oxygen atoms in total. The third-order valence-electron chi connectivity index (χ3n) is 5.89. The van der Waals surface area contributed by atoms with Gasteiger partial charge >= 0.3 is 8.80 Å². The van der Waals surface area contributed by atoms with Crippen LogP contribution < -0.4 is 12.4 Å². The standard InChI is InChI=1S/C23H52NO3Si.ClH.Si/c1-4-5-6-7-8-9-10-11-12-13-14-15-16-17-18-19-21-24(2,3)22-20-23-28(25,26)27;;/h25-27H,4-23H2,1-3H3;1H;/q+1;;/p-1. The summed E-state index contributed by atoms with van der Waals surface area (Å²) in [6.07, 6.45) is 23.0. The summed E-state index contributed by atoms with van der Waals surface area (Å²) in [5.74, 6) is 0. The van der Waals surface area contributed by atoms with E-state index in [2.05, 4.69) is 21.0 Å². The molecule has 182 valence electrons. The lowest BCUT2D eigenvalue weighted by atomic mass is 10.0. The number of quaternary nitrogens is 1. The van der Waals surface area contributed by atoms with Crippen LogP contribution in [0.25, 0.3) is 0 Å². The van der Waals surface area contributed by atoms with E-state index in [-0.39, 0.29) is 29.4 Å². The van der Waals surface area contributed by atoms with Gasteiger partial charge in [0.05, 0.1) is 27.2 Å². The Bertz CT molecular complexity index is 343. The average molecular weight is 482 g/mol. The van der Waals surface area contributed by atoms with Crippen molar-refractivity contribution in [2.24, 2.45) is 0 Å². The molecule has 0 aromatic heterocycles. The summed E-state index contributed by atoms with van der Waals surface area (Å²) in [4.78, 5) is 27.2. The number of hydrogen-bond donors (Lipinski definition) is 3. The highest BCUT2D eigenvalue weighted by Gasteiger charge is 2.27. The minimum atomic E-state index is -3.84. The minimum absolute atomic E-state index is 0. The molecule has 0 fully saturated rings. The molecule has 0 heterocycles. The second-order valence-electron chi connectivity index (χ2n) is 9.56. The van der Waals surface area contributed by atoms with E-state index in [4.69, 9.17) is 14.4 Å². The predicted molar refractivity (Wildman–Crippen MR) is 129 cm³/mol. The van der Waals surface area contributed by atoms with Crippen molar-refractivity contribution >= 4 is 19.8 Å². The quantitative estimate of drug-likeness (QED) is 0.134. The van der Waals surface area contributed by atoms with Gasteiger partial charge in [-0.05, 0) is 12.8 Å². The van der Waals surface area contributed by atoms with E-state index in [1.807, 2.05) is 0 Å². The van der Waals surface area contributed by atoms with Crippen molar-refractivity contribution in [3.63, 3.8) is 0 Å². The summed E-state index contributed by atoms with van der Waals surface area (Å²) in [6, 6.07) is 0.160. The van der Waals surface area contributed by atoms with Gasteiger partial charge in [0.2, 0.25) is 0 Å². The average Bonchev–Trinajstić information content (AvgIpc) is 2.60. The molecule has 0 rings (SSSR count). The Balaban J connectivity index is -0.00000364. The lowest BCUT2D eigenvalue weighted by molar-refractivity contribution is -0.890. The SMILES string of the molecule is CCCCCCCCCCCCCCCCCC[N+](C)(C)CCC[Si](O)(O)O.[Cl-].[Si]. The van der Waals surface area contributed by atoms with E-state index < -0.39 is 8.80 Å². The van der Waals surface area contributed by atoms with E-state index in [1.165, 1.54) is 103 Å². The molecule has 7 heteroatoms. The fourth-order valence-corrected chi connectivity index (χ4v) is 4.58. The molecule has 0 aliphatic heterocycles. The monoisotopic (exact) mass is 481 g/mol. The molecule has 0 aromatic carbocycles. The maximum absolute atomic E-state index is 9.08. The lowest BCUT2D eigenvalue weighted by Gasteiger charge is -2.30. The Morgan fingerprint density at radius 3 is 1.17 bits per heavy atom. The highest BCUT2D eigenvalue weighted by atomic mass is 35.5. The van der Waals surface area contributed by atoms with Crippen LogP contribution in [0.5, 0.6) is 0 Å². The number of halogens is 1. The second kappa shape index (κ2) is 22.7. The lowest BCUT2D eigenvalue weighted by Crippen LogP contribution is -3.00. The first-order chi connectivity index (χ1) is 13.3. The Kier molecular flexibility index (Phi) is 26.7. The van der Waals surface area contributed by atoms with Crippen LogP contribution in [-0.2, 0) is 0 Å². The third-order valence-corrected chi connectivity index (χ3v) is 6.92. The summed E-state index contributed by atoms with van der Waals surface area (Å²) in [7, 11) is 0.547. The van der Waals surface area contributed by atoms with Crippen LogP contribution in [0.15, 0.2) is 0 Å².